The zero-order chi connectivity index (χ0) is 23.0. The van der Waals surface area contributed by atoms with Crippen LogP contribution in [0.1, 0.15) is 17.2 Å². The molecule has 4 rings (SSSR count). The van der Waals surface area contributed by atoms with Gasteiger partial charge in [0.1, 0.15) is 17.3 Å². The largest absolute Gasteiger partial charge is 0.507 e. The van der Waals surface area contributed by atoms with Crippen molar-refractivity contribution in [3.8, 4) is 5.75 Å². The lowest BCUT2D eigenvalue weighted by atomic mass is 9.94. The number of rotatable bonds is 4. The third kappa shape index (κ3) is 3.72. The van der Waals surface area contributed by atoms with E-state index in [0.29, 0.717) is 15.7 Å². The first kappa shape index (κ1) is 21.9. The number of methoxy groups -OCH3 is 1. The van der Waals surface area contributed by atoms with Crippen LogP contribution in [0.2, 0.25) is 10.0 Å². The summed E-state index contributed by atoms with van der Waals surface area (Å²) in [6, 6.07) is 15.2. The van der Waals surface area contributed by atoms with Crippen molar-refractivity contribution < 1.29 is 23.8 Å². The van der Waals surface area contributed by atoms with Crippen molar-refractivity contribution in [2.75, 3.05) is 12.0 Å². The van der Waals surface area contributed by atoms with Gasteiger partial charge in [-0.2, -0.15) is 0 Å². The molecule has 162 valence electrons. The summed E-state index contributed by atoms with van der Waals surface area (Å²) in [5.74, 6) is -2.71. The van der Waals surface area contributed by atoms with Gasteiger partial charge < -0.3 is 9.84 Å². The number of nitrogens with zero attached hydrogens (tertiary/aromatic N) is 1. The quantitative estimate of drug-likeness (QED) is 0.298. The maximum atomic E-state index is 14.9. The lowest BCUT2D eigenvalue weighted by molar-refractivity contribution is -0.132. The molecular formula is C24H16Cl2FNO4. The molecule has 1 heterocycles. The molecule has 1 fully saturated rings. The summed E-state index contributed by atoms with van der Waals surface area (Å²) in [5, 5.41) is 11.7. The number of amides is 1. The summed E-state index contributed by atoms with van der Waals surface area (Å²) in [6.45, 7) is 0. The van der Waals surface area contributed by atoms with Gasteiger partial charge in [0.15, 0.2) is 0 Å². The minimum atomic E-state index is -1.21. The summed E-state index contributed by atoms with van der Waals surface area (Å²) in [7, 11) is 1.41. The van der Waals surface area contributed by atoms with Crippen LogP contribution in [0.4, 0.5) is 10.1 Å². The molecule has 1 atom stereocenters. The zero-order valence-electron chi connectivity index (χ0n) is 16.7. The molecule has 1 N–H and O–H groups in total. The molecular weight excluding hydrogens is 456 g/mol. The Hall–Kier alpha value is -3.35. The summed E-state index contributed by atoms with van der Waals surface area (Å²) < 4.78 is 20.0. The van der Waals surface area contributed by atoms with Crippen molar-refractivity contribution in [3.05, 3.63) is 99.3 Å². The number of aliphatic hydroxyl groups is 1. The van der Waals surface area contributed by atoms with Crippen LogP contribution in [0.25, 0.3) is 5.76 Å². The summed E-state index contributed by atoms with van der Waals surface area (Å²) >= 11 is 12.2. The first-order chi connectivity index (χ1) is 15.3. The van der Waals surface area contributed by atoms with Gasteiger partial charge in [-0.25, -0.2) is 4.39 Å². The fraction of sp³-hybridized carbons (Fsp3) is 0.0833. The van der Waals surface area contributed by atoms with Gasteiger partial charge in [0.25, 0.3) is 11.7 Å². The van der Waals surface area contributed by atoms with Gasteiger partial charge in [0.2, 0.25) is 0 Å². The Morgan fingerprint density at radius 1 is 1.03 bits per heavy atom. The number of aliphatic hydroxyl groups excluding tert-OH is 1. The van der Waals surface area contributed by atoms with Crippen LogP contribution in [0.15, 0.2) is 72.3 Å². The van der Waals surface area contributed by atoms with E-state index >= 15 is 0 Å². The SMILES string of the molecule is COc1cc(/C(O)=C2\C(=O)C(=O)N(c3cccc(Cl)c3)C2c2ccccc2F)ccc1Cl. The normalized spacial score (nSPS) is 17.6. The molecule has 5 nitrogen and oxygen atoms in total. The lowest BCUT2D eigenvalue weighted by Gasteiger charge is -2.26. The molecule has 1 unspecified atom stereocenters. The molecule has 0 saturated carbocycles. The Labute approximate surface area is 193 Å². The standard InChI is InChI=1S/C24H16Cl2FNO4/c1-32-19-11-13(9-10-17(19)26)22(29)20-21(16-7-2-3-8-18(16)27)28(24(31)23(20)30)15-6-4-5-14(25)12-15/h2-12,21,29H,1H3/b22-20+. The van der Waals surface area contributed by atoms with Crippen molar-refractivity contribution in [1.29, 1.82) is 0 Å². The van der Waals surface area contributed by atoms with E-state index in [9.17, 15) is 19.1 Å². The first-order valence-electron chi connectivity index (χ1n) is 9.48. The molecule has 0 aliphatic carbocycles. The van der Waals surface area contributed by atoms with Gasteiger partial charge in [0, 0.05) is 21.8 Å². The molecule has 8 heteroatoms. The van der Waals surface area contributed by atoms with Crippen LogP contribution in [0.5, 0.6) is 5.75 Å². The highest BCUT2D eigenvalue weighted by Gasteiger charge is 2.47. The van der Waals surface area contributed by atoms with E-state index in [0.717, 1.165) is 4.90 Å². The minimum Gasteiger partial charge on any atom is -0.507 e. The van der Waals surface area contributed by atoms with Crippen LogP contribution in [-0.2, 0) is 9.59 Å². The first-order valence-corrected chi connectivity index (χ1v) is 10.2. The highest BCUT2D eigenvalue weighted by Crippen LogP contribution is 2.43. The van der Waals surface area contributed by atoms with Crippen LogP contribution in [-0.4, -0.2) is 23.9 Å². The molecule has 0 spiro atoms. The second kappa shape index (κ2) is 8.65. The predicted molar refractivity (Wildman–Crippen MR) is 121 cm³/mol. The highest BCUT2D eigenvalue weighted by molar-refractivity contribution is 6.51. The number of halogens is 3. The number of ketones is 1. The molecule has 0 aromatic heterocycles. The predicted octanol–water partition coefficient (Wildman–Crippen LogP) is 5.77. The average Bonchev–Trinajstić information content (AvgIpc) is 3.04. The van der Waals surface area contributed by atoms with E-state index in [-0.39, 0.29) is 22.4 Å². The molecule has 1 aliphatic rings. The number of benzene rings is 3. The van der Waals surface area contributed by atoms with Crippen molar-refractivity contribution in [3.63, 3.8) is 0 Å². The van der Waals surface area contributed by atoms with E-state index in [1.54, 1.807) is 24.3 Å². The summed E-state index contributed by atoms with van der Waals surface area (Å²) in [5.41, 5.74) is 0.274. The molecule has 32 heavy (non-hydrogen) atoms. The number of anilines is 1. The van der Waals surface area contributed by atoms with E-state index in [1.807, 2.05) is 0 Å². The van der Waals surface area contributed by atoms with Crippen LogP contribution in [0, 0.1) is 5.82 Å². The Bertz CT molecular complexity index is 1270. The number of hydrogen-bond donors (Lipinski definition) is 1. The zero-order valence-corrected chi connectivity index (χ0v) is 18.2. The Balaban J connectivity index is 1.98. The highest BCUT2D eigenvalue weighted by atomic mass is 35.5. The average molecular weight is 472 g/mol. The second-order valence-electron chi connectivity index (χ2n) is 7.02. The monoisotopic (exact) mass is 471 g/mol. The molecule has 1 aliphatic heterocycles. The molecule has 1 saturated heterocycles. The maximum absolute atomic E-state index is 14.9. The van der Waals surface area contributed by atoms with Crippen LogP contribution < -0.4 is 9.64 Å². The maximum Gasteiger partial charge on any atom is 0.300 e. The lowest BCUT2D eigenvalue weighted by Crippen LogP contribution is -2.29. The van der Waals surface area contributed by atoms with E-state index in [1.165, 1.54) is 49.6 Å². The van der Waals surface area contributed by atoms with Crippen molar-refractivity contribution in [2.45, 2.75) is 6.04 Å². The van der Waals surface area contributed by atoms with Crippen LogP contribution in [0.3, 0.4) is 0 Å². The minimum absolute atomic E-state index is 0.0501. The van der Waals surface area contributed by atoms with E-state index < -0.39 is 29.3 Å². The van der Waals surface area contributed by atoms with Crippen molar-refractivity contribution in [2.24, 2.45) is 0 Å². The third-order valence-electron chi connectivity index (χ3n) is 5.16. The fourth-order valence-electron chi connectivity index (χ4n) is 3.68. The number of carbonyl (C=O) groups excluding carboxylic acids is 2. The second-order valence-corrected chi connectivity index (χ2v) is 7.86. The van der Waals surface area contributed by atoms with Crippen molar-refractivity contribution >= 4 is 46.3 Å². The summed E-state index contributed by atoms with van der Waals surface area (Å²) in [6.07, 6.45) is 0. The van der Waals surface area contributed by atoms with Crippen molar-refractivity contribution in [1.82, 2.24) is 0 Å². The smallest absolute Gasteiger partial charge is 0.300 e. The number of hydrogen-bond acceptors (Lipinski definition) is 4. The van der Waals surface area contributed by atoms with Gasteiger partial charge in [-0.3, -0.25) is 14.5 Å². The molecule has 0 radical (unpaired) electrons. The number of carbonyl (C=O) groups is 2. The molecule has 3 aromatic carbocycles. The molecule has 0 bridgehead atoms. The van der Waals surface area contributed by atoms with Gasteiger partial charge in [-0.1, -0.05) is 47.5 Å². The van der Waals surface area contributed by atoms with Gasteiger partial charge in [0.05, 0.1) is 23.7 Å². The topological polar surface area (TPSA) is 66.8 Å². The van der Waals surface area contributed by atoms with E-state index in [2.05, 4.69) is 0 Å². The fourth-order valence-corrected chi connectivity index (χ4v) is 4.06. The van der Waals surface area contributed by atoms with Gasteiger partial charge in [-0.15, -0.1) is 0 Å². The Kier molecular flexibility index (Phi) is 5.91. The van der Waals surface area contributed by atoms with Gasteiger partial charge in [-0.05, 0) is 42.5 Å². The number of ether oxygens (including phenoxy) is 1. The van der Waals surface area contributed by atoms with Gasteiger partial charge >= 0.3 is 0 Å². The third-order valence-corrected chi connectivity index (χ3v) is 5.70. The van der Waals surface area contributed by atoms with E-state index in [4.69, 9.17) is 27.9 Å². The Morgan fingerprint density at radius 2 is 1.78 bits per heavy atom. The number of Topliss-reactive ketones (excluding diaryl/α,β-unsaturated/α-hetero) is 1. The summed E-state index contributed by atoms with van der Waals surface area (Å²) in [4.78, 5) is 27.3. The Morgan fingerprint density at radius 3 is 2.47 bits per heavy atom. The molecule has 1 amide bonds. The molecule has 3 aromatic rings. The van der Waals surface area contributed by atoms with Crippen LogP contribution >= 0.6 is 23.2 Å².